The van der Waals surface area contributed by atoms with E-state index in [1.807, 2.05) is 5.38 Å². The summed E-state index contributed by atoms with van der Waals surface area (Å²) >= 11 is 1.39. The molecule has 0 saturated heterocycles. The first-order chi connectivity index (χ1) is 8.46. The van der Waals surface area contributed by atoms with Gasteiger partial charge in [0.05, 0.1) is 6.04 Å². The van der Waals surface area contributed by atoms with Gasteiger partial charge in [-0.25, -0.2) is 9.53 Å². The van der Waals surface area contributed by atoms with Crippen LogP contribution in [-0.2, 0) is 10.2 Å². The van der Waals surface area contributed by atoms with Crippen LogP contribution in [0.4, 0.5) is 4.39 Å². The van der Waals surface area contributed by atoms with E-state index >= 15 is 0 Å². The zero-order chi connectivity index (χ0) is 13.2. The summed E-state index contributed by atoms with van der Waals surface area (Å²) in [5.41, 5.74) is 0.632. The molecule has 1 unspecified atom stereocenters. The SMILES string of the molecule is NS(=O)(=O)NC(c1ccc(F)cc1)c1cccs1. The van der Waals surface area contributed by atoms with E-state index < -0.39 is 16.3 Å². The Morgan fingerprint density at radius 1 is 1.22 bits per heavy atom. The molecule has 0 aliphatic carbocycles. The van der Waals surface area contributed by atoms with Crippen molar-refractivity contribution in [3.8, 4) is 0 Å². The molecule has 0 radical (unpaired) electrons. The normalized spacial score (nSPS) is 13.4. The highest BCUT2D eigenvalue weighted by Gasteiger charge is 2.19. The molecular weight excluding hydrogens is 275 g/mol. The number of nitrogens with one attached hydrogen (secondary N) is 1. The molecule has 0 amide bonds. The lowest BCUT2D eigenvalue weighted by molar-refractivity contribution is 0.574. The average Bonchev–Trinajstić information content (AvgIpc) is 2.79. The van der Waals surface area contributed by atoms with E-state index in [-0.39, 0.29) is 5.82 Å². The van der Waals surface area contributed by atoms with Crippen molar-refractivity contribution in [2.75, 3.05) is 0 Å². The van der Waals surface area contributed by atoms with Gasteiger partial charge in [-0.15, -0.1) is 11.3 Å². The van der Waals surface area contributed by atoms with Gasteiger partial charge in [0, 0.05) is 4.88 Å². The van der Waals surface area contributed by atoms with Crippen LogP contribution >= 0.6 is 11.3 Å². The van der Waals surface area contributed by atoms with E-state index in [1.165, 1.54) is 35.6 Å². The first-order valence-electron chi connectivity index (χ1n) is 5.04. The number of hydrogen-bond donors (Lipinski definition) is 2. The van der Waals surface area contributed by atoms with Crippen LogP contribution in [0.15, 0.2) is 41.8 Å². The fourth-order valence-electron chi connectivity index (χ4n) is 1.57. The second-order valence-corrected chi connectivity index (χ2v) is 5.97. The maximum Gasteiger partial charge on any atom is 0.275 e. The van der Waals surface area contributed by atoms with E-state index in [2.05, 4.69) is 4.72 Å². The fraction of sp³-hybridized carbons (Fsp3) is 0.0909. The van der Waals surface area contributed by atoms with Gasteiger partial charge in [-0.1, -0.05) is 18.2 Å². The lowest BCUT2D eigenvalue weighted by Gasteiger charge is -2.16. The Hall–Kier alpha value is -1.28. The number of hydrogen-bond acceptors (Lipinski definition) is 3. The molecule has 2 rings (SSSR count). The maximum absolute atomic E-state index is 12.9. The molecule has 0 aliphatic rings. The summed E-state index contributed by atoms with van der Waals surface area (Å²) in [7, 11) is -3.84. The minimum Gasteiger partial charge on any atom is -0.216 e. The highest BCUT2D eigenvalue weighted by atomic mass is 32.2. The predicted molar refractivity (Wildman–Crippen MR) is 68.8 cm³/mol. The molecule has 0 bridgehead atoms. The van der Waals surface area contributed by atoms with Crippen molar-refractivity contribution in [1.82, 2.24) is 4.72 Å². The number of halogens is 1. The monoisotopic (exact) mass is 286 g/mol. The molecule has 2 aromatic rings. The van der Waals surface area contributed by atoms with Gasteiger partial charge in [-0.2, -0.15) is 13.1 Å². The van der Waals surface area contributed by atoms with Gasteiger partial charge < -0.3 is 0 Å². The molecule has 0 spiro atoms. The molecule has 1 atom stereocenters. The van der Waals surface area contributed by atoms with Crippen LogP contribution in [0.2, 0.25) is 0 Å². The summed E-state index contributed by atoms with van der Waals surface area (Å²) in [5, 5.41) is 6.83. The number of benzene rings is 1. The van der Waals surface area contributed by atoms with Crippen LogP contribution in [0.3, 0.4) is 0 Å². The first kappa shape index (κ1) is 13.2. The molecular formula is C11H11FN2O2S2. The summed E-state index contributed by atoms with van der Waals surface area (Å²) in [6, 6.07) is 8.61. The number of thiophene rings is 1. The van der Waals surface area contributed by atoms with Gasteiger partial charge in [-0.05, 0) is 29.1 Å². The molecule has 3 N–H and O–H groups in total. The number of rotatable bonds is 4. The minimum absolute atomic E-state index is 0.376. The zero-order valence-electron chi connectivity index (χ0n) is 9.21. The van der Waals surface area contributed by atoms with Crippen LogP contribution in [0.5, 0.6) is 0 Å². The third-order valence-electron chi connectivity index (χ3n) is 2.31. The van der Waals surface area contributed by atoms with E-state index in [9.17, 15) is 12.8 Å². The van der Waals surface area contributed by atoms with Crippen molar-refractivity contribution in [2.45, 2.75) is 6.04 Å². The molecule has 1 aromatic heterocycles. The third kappa shape index (κ3) is 3.36. The summed E-state index contributed by atoms with van der Waals surface area (Å²) < 4.78 is 37.6. The second-order valence-electron chi connectivity index (χ2n) is 3.66. The average molecular weight is 286 g/mol. The Morgan fingerprint density at radius 3 is 2.39 bits per heavy atom. The highest BCUT2D eigenvalue weighted by Crippen LogP contribution is 2.26. The van der Waals surface area contributed by atoms with Gasteiger partial charge in [0.25, 0.3) is 10.2 Å². The van der Waals surface area contributed by atoms with Crippen LogP contribution in [-0.4, -0.2) is 8.42 Å². The Labute approximate surface area is 108 Å². The van der Waals surface area contributed by atoms with Crippen LogP contribution in [0, 0.1) is 5.82 Å². The summed E-state index contributed by atoms with van der Waals surface area (Å²) in [6.07, 6.45) is 0. The lowest BCUT2D eigenvalue weighted by atomic mass is 10.1. The van der Waals surface area contributed by atoms with Gasteiger partial charge in [0.1, 0.15) is 5.82 Å². The van der Waals surface area contributed by atoms with Gasteiger partial charge in [0.15, 0.2) is 0 Å². The number of nitrogens with two attached hydrogens (primary N) is 1. The maximum atomic E-state index is 12.9. The molecule has 1 heterocycles. The second kappa shape index (κ2) is 5.15. The first-order valence-corrected chi connectivity index (χ1v) is 7.47. The molecule has 7 heteroatoms. The molecule has 96 valence electrons. The van der Waals surface area contributed by atoms with Crippen LogP contribution in [0.25, 0.3) is 0 Å². The molecule has 1 aromatic carbocycles. The standard InChI is InChI=1S/C11H11FN2O2S2/c12-9-5-3-8(4-6-9)11(14-18(13,15)16)10-2-1-7-17-10/h1-7,11,14H,(H2,13,15,16). The summed E-state index contributed by atoms with van der Waals surface area (Å²) in [4.78, 5) is 0.788. The molecule has 4 nitrogen and oxygen atoms in total. The van der Waals surface area contributed by atoms with E-state index in [4.69, 9.17) is 5.14 Å². The van der Waals surface area contributed by atoms with Crippen molar-refractivity contribution in [2.24, 2.45) is 5.14 Å². The Balaban J connectivity index is 2.39. The predicted octanol–water partition coefficient (Wildman–Crippen LogP) is 1.77. The van der Waals surface area contributed by atoms with Gasteiger partial charge >= 0.3 is 0 Å². The van der Waals surface area contributed by atoms with Crippen molar-refractivity contribution in [3.05, 3.63) is 58.0 Å². The van der Waals surface area contributed by atoms with Crippen LogP contribution < -0.4 is 9.86 Å². The summed E-state index contributed by atoms with van der Waals surface area (Å²) in [5.74, 6) is -0.376. The van der Waals surface area contributed by atoms with Crippen molar-refractivity contribution < 1.29 is 12.8 Å². The third-order valence-corrected chi connectivity index (χ3v) is 3.81. The topological polar surface area (TPSA) is 72.2 Å². The summed E-state index contributed by atoms with van der Waals surface area (Å²) in [6.45, 7) is 0. The molecule has 0 fully saturated rings. The van der Waals surface area contributed by atoms with E-state index in [0.29, 0.717) is 5.56 Å². The van der Waals surface area contributed by atoms with Crippen LogP contribution in [0.1, 0.15) is 16.5 Å². The van der Waals surface area contributed by atoms with Crippen molar-refractivity contribution >= 4 is 21.5 Å². The Bertz CT molecular complexity index is 609. The van der Waals surface area contributed by atoms with Gasteiger partial charge in [0.2, 0.25) is 0 Å². The Kier molecular flexibility index (Phi) is 3.76. The molecule has 0 aliphatic heterocycles. The molecule has 18 heavy (non-hydrogen) atoms. The smallest absolute Gasteiger partial charge is 0.216 e. The van der Waals surface area contributed by atoms with Gasteiger partial charge in [-0.3, -0.25) is 0 Å². The fourth-order valence-corrected chi connectivity index (χ4v) is 3.03. The van der Waals surface area contributed by atoms with E-state index in [0.717, 1.165) is 4.88 Å². The van der Waals surface area contributed by atoms with E-state index in [1.54, 1.807) is 12.1 Å². The quantitative estimate of drug-likeness (QED) is 0.899. The largest absolute Gasteiger partial charge is 0.275 e. The minimum atomic E-state index is -3.84. The van der Waals surface area contributed by atoms with Crippen molar-refractivity contribution in [1.29, 1.82) is 0 Å². The molecule has 0 saturated carbocycles. The Morgan fingerprint density at radius 2 is 1.89 bits per heavy atom. The lowest BCUT2D eigenvalue weighted by Crippen LogP contribution is -2.34. The van der Waals surface area contributed by atoms with Crippen molar-refractivity contribution in [3.63, 3.8) is 0 Å². The zero-order valence-corrected chi connectivity index (χ0v) is 10.8. The highest BCUT2D eigenvalue weighted by molar-refractivity contribution is 7.87.